The largest absolute Gasteiger partial charge is 0.497 e. The van der Waals surface area contributed by atoms with E-state index in [4.69, 9.17) is 18.9 Å². The van der Waals surface area contributed by atoms with Crippen LogP contribution in [0.3, 0.4) is 0 Å². The van der Waals surface area contributed by atoms with Gasteiger partial charge in [-0.3, -0.25) is 14.5 Å². The van der Waals surface area contributed by atoms with Gasteiger partial charge in [0.05, 0.1) is 45.8 Å². The van der Waals surface area contributed by atoms with E-state index in [9.17, 15) is 9.59 Å². The molecule has 0 spiro atoms. The number of piperazine rings is 1. The monoisotopic (exact) mass is 617 g/mol. The van der Waals surface area contributed by atoms with Crippen molar-refractivity contribution in [1.82, 2.24) is 10.2 Å². The number of nitrogens with one attached hydrogen (secondary N) is 2. The Bertz CT molecular complexity index is 1430. The summed E-state index contributed by atoms with van der Waals surface area (Å²) in [5.41, 5.74) is 3.33. The predicted molar refractivity (Wildman–Crippen MR) is 176 cm³/mol. The molecule has 45 heavy (non-hydrogen) atoms. The second kappa shape index (κ2) is 15.5. The molecule has 11 heteroatoms. The Hall–Kier alpha value is -4.48. The molecule has 11 nitrogen and oxygen atoms in total. The van der Waals surface area contributed by atoms with Crippen molar-refractivity contribution in [2.45, 2.75) is 6.42 Å². The molecular formula is C34H43N5O6. The molecule has 2 heterocycles. The van der Waals surface area contributed by atoms with Crippen molar-refractivity contribution in [3.05, 3.63) is 71.8 Å². The molecule has 0 unspecified atom stereocenters. The van der Waals surface area contributed by atoms with Crippen LogP contribution in [0.2, 0.25) is 0 Å². The van der Waals surface area contributed by atoms with Gasteiger partial charge < -0.3 is 39.4 Å². The highest BCUT2D eigenvalue weighted by atomic mass is 16.5. The number of ether oxygens (including phenoxy) is 4. The second-order valence-corrected chi connectivity index (χ2v) is 11.0. The van der Waals surface area contributed by atoms with Crippen LogP contribution in [0, 0.1) is 0 Å². The van der Waals surface area contributed by atoms with Crippen molar-refractivity contribution in [1.29, 1.82) is 0 Å². The van der Waals surface area contributed by atoms with Crippen LogP contribution in [-0.4, -0.2) is 104 Å². The van der Waals surface area contributed by atoms with Gasteiger partial charge in [-0.1, -0.05) is 12.1 Å². The van der Waals surface area contributed by atoms with E-state index in [0.717, 1.165) is 82.6 Å². The van der Waals surface area contributed by atoms with E-state index < -0.39 is 0 Å². The minimum atomic E-state index is -0.331. The summed E-state index contributed by atoms with van der Waals surface area (Å²) in [5.74, 6) is 1.37. The van der Waals surface area contributed by atoms with Gasteiger partial charge in [0, 0.05) is 68.8 Å². The predicted octanol–water partition coefficient (Wildman–Crippen LogP) is 3.74. The first-order valence-corrected chi connectivity index (χ1v) is 15.4. The number of hydrogen-bond acceptors (Lipinski definition) is 9. The number of amides is 2. The van der Waals surface area contributed by atoms with Gasteiger partial charge >= 0.3 is 0 Å². The lowest BCUT2D eigenvalue weighted by Crippen LogP contribution is -2.47. The zero-order valence-electron chi connectivity index (χ0n) is 26.3. The van der Waals surface area contributed by atoms with Gasteiger partial charge in [-0.25, -0.2) is 0 Å². The number of anilines is 3. The molecule has 2 N–H and O–H groups in total. The fourth-order valence-electron chi connectivity index (χ4n) is 5.72. The molecule has 2 saturated heterocycles. The van der Waals surface area contributed by atoms with Crippen molar-refractivity contribution >= 4 is 28.9 Å². The third kappa shape index (κ3) is 8.17. The van der Waals surface area contributed by atoms with Crippen LogP contribution in [0.25, 0.3) is 0 Å². The van der Waals surface area contributed by atoms with Crippen molar-refractivity contribution < 1.29 is 28.5 Å². The van der Waals surface area contributed by atoms with Crippen molar-refractivity contribution in [3.8, 4) is 17.2 Å². The SMILES string of the molecule is COc1cc(OC)cc(C(=O)Nc2ccc(N3CCN(c4ccccc4OC)CC3)c(C(=O)NCCCN3CCOCC3)c2)c1. The van der Waals surface area contributed by atoms with E-state index in [2.05, 4.69) is 31.4 Å². The fraction of sp³-hybridized carbons (Fsp3) is 0.412. The number of para-hydroxylation sites is 2. The van der Waals surface area contributed by atoms with Crippen LogP contribution in [0.5, 0.6) is 17.2 Å². The number of methoxy groups -OCH3 is 3. The second-order valence-electron chi connectivity index (χ2n) is 11.0. The highest BCUT2D eigenvalue weighted by Crippen LogP contribution is 2.31. The first kappa shape index (κ1) is 31.9. The maximum Gasteiger partial charge on any atom is 0.255 e. The molecule has 3 aromatic rings. The minimum Gasteiger partial charge on any atom is -0.497 e. The van der Waals surface area contributed by atoms with Crippen LogP contribution in [-0.2, 0) is 4.74 Å². The van der Waals surface area contributed by atoms with Gasteiger partial charge in [-0.15, -0.1) is 0 Å². The molecule has 5 rings (SSSR count). The van der Waals surface area contributed by atoms with Crippen LogP contribution >= 0.6 is 0 Å². The molecule has 0 radical (unpaired) electrons. The van der Waals surface area contributed by atoms with Gasteiger partial charge in [0.2, 0.25) is 0 Å². The molecule has 2 amide bonds. The zero-order valence-corrected chi connectivity index (χ0v) is 26.3. The van der Waals surface area contributed by atoms with E-state index in [1.54, 1.807) is 31.4 Å². The highest BCUT2D eigenvalue weighted by molar-refractivity contribution is 6.06. The van der Waals surface area contributed by atoms with Crippen molar-refractivity contribution in [2.75, 3.05) is 102 Å². The van der Waals surface area contributed by atoms with E-state index >= 15 is 0 Å². The van der Waals surface area contributed by atoms with Crippen molar-refractivity contribution in [2.24, 2.45) is 0 Å². The molecule has 0 aromatic heterocycles. The lowest BCUT2D eigenvalue weighted by molar-refractivity contribution is 0.0374. The van der Waals surface area contributed by atoms with E-state index in [-0.39, 0.29) is 11.8 Å². The molecule has 240 valence electrons. The summed E-state index contributed by atoms with van der Waals surface area (Å²) in [6.45, 7) is 7.80. The number of morpholine rings is 1. The van der Waals surface area contributed by atoms with Crippen LogP contribution in [0.15, 0.2) is 60.7 Å². The summed E-state index contributed by atoms with van der Waals surface area (Å²) in [5, 5.41) is 6.06. The lowest BCUT2D eigenvalue weighted by Gasteiger charge is -2.38. The summed E-state index contributed by atoms with van der Waals surface area (Å²) in [4.78, 5) is 33.8. The Morgan fingerprint density at radius 1 is 0.756 bits per heavy atom. The molecule has 0 aliphatic carbocycles. The first-order chi connectivity index (χ1) is 22.0. The Labute approximate surface area is 265 Å². The van der Waals surface area contributed by atoms with Gasteiger partial charge in [0.1, 0.15) is 17.2 Å². The highest BCUT2D eigenvalue weighted by Gasteiger charge is 2.24. The molecule has 2 fully saturated rings. The minimum absolute atomic E-state index is 0.168. The Balaban J connectivity index is 1.32. The topological polar surface area (TPSA) is 105 Å². The summed E-state index contributed by atoms with van der Waals surface area (Å²) < 4.78 is 21.7. The maximum atomic E-state index is 13.7. The number of carbonyl (C=O) groups is 2. The summed E-state index contributed by atoms with van der Waals surface area (Å²) in [6.07, 6.45) is 0.840. The number of nitrogens with zero attached hydrogens (tertiary/aromatic N) is 3. The summed E-state index contributed by atoms with van der Waals surface area (Å²) in [6, 6.07) is 18.5. The quantitative estimate of drug-likeness (QED) is 0.294. The van der Waals surface area contributed by atoms with Gasteiger partial charge in [-0.05, 0) is 55.4 Å². The third-order valence-corrected chi connectivity index (χ3v) is 8.20. The molecular weight excluding hydrogens is 574 g/mol. The van der Waals surface area contributed by atoms with E-state index in [0.29, 0.717) is 34.9 Å². The lowest BCUT2D eigenvalue weighted by atomic mass is 10.1. The normalized spacial score (nSPS) is 15.4. The van der Waals surface area contributed by atoms with Crippen LogP contribution in [0.1, 0.15) is 27.1 Å². The smallest absolute Gasteiger partial charge is 0.255 e. The van der Waals surface area contributed by atoms with Crippen molar-refractivity contribution in [3.63, 3.8) is 0 Å². The molecule has 2 aliphatic heterocycles. The van der Waals surface area contributed by atoms with E-state index in [1.165, 1.54) is 14.2 Å². The Kier molecular flexibility index (Phi) is 11.0. The van der Waals surface area contributed by atoms with Gasteiger partial charge in [0.25, 0.3) is 11.8 Å². The maximum absolute atomic E-state index is 13.7. The van der Waals surface area contributed by atoms with Crippen LogP contribution < -0.4 is 34.6 Å². The van der Waals surface area contributed by atoms with Gasteiger partial charge in [0.15, 0.2) is 0 Å². The zero-order chi connectivity index (χ0) is 31.6. The first-order valence-electron chi connectivity index (χ1n) is 15.4. The molecule has 0 atom stereocenters. The average Bonchev–Trinajstić information content (AvgIpc) is 3.10. The molecule has 2 aliphatic rings. The number of rotatable bonds is 12. The number of carbonyl (C=O) groups excluding carboxylic acids is 2. The summed E-state index contributed by atoms with van der Waals surface area (Å²) in [7, 11) is 4.76. The third-order valence-electron chi connectivity index (χ3n) is 8.20. The Morgan fingerprint density at radius 3 is 2.09 bits per heavy atom. The number of hydrogen-bond donors (Lipinski definition) is 2. The standard InChI is InChI=1S/C34H43N5O6/c1-42-27-21-25(22-28(24-27)43-2)33(40)36-26-9-10-30(29(23-26)34(41)35-11-6-12-37-17-19-45-20-18-37)38-13-15-39(16-14-38)31-7-4-5-8-32(31)44-3/h4-5,7-10,21-24H,6,11-20H2,1-3H3,(H,35,41)(H,36,40). The average molecular weight is 618 g/mol. The van der Waals surface area contributed by atoms with E-state index in [1.807, 2.05) is 30.3 Å². The summed E-state index contributed by atoms with van der Waals surface area (Å²) >= 11 is 0. The molecule has 3 aromatic carbocycles. The Morgan fingerprint density at radius 2 is 1.42 bits per heavy atom. The molecule has 0 saturated carbocycles. The van der Waals surface area contributed by atoms with Gasteiger partial charge in [-0.2, -0.15) is 0 Å². The van der Waals surface area contributed by atoms with Crippen LogP contribution in [0.4, 0.5) is 17.1 Å². The fourth-order valence-corrected chi connectivity index (χ4v) is 5.72. The molecule has 0 bridgehead atoms. The number of benzene rings is 3.